The molecule has 0 unspecified atom stereocenters. The van der Waals surface area contributed by atoms with Gasteiger partial charge in [0.25, 0.3) is 0 Å². The predicted molar refractivity (Wildman–Crippen MR) is 89.2 cm³/mol. The summed E-state index contributed by atoms with van der Waals surface area (Å²) in [7, 11) is -1.23. The number of nitrogens with zero attached hydrogens (tertiary/aromatic N) is 3. The Morgan fingerprint density at radius 3 is 2.50 bits per heavy atom. The molecule has 0 saturated heterocycles. The first-order valence-corrected chi connectivity index (χ1v) is 9.06. The van der Waals surface area contributed by atoms with Gasteiger partial charge < -0.3 is 5.73 Å². The highest BCUT2D eigenvalue weighted by molar-refractivity contribution is 7.91. The Labute approximate surface area is 131 Å². The SMILES string of the molecule is C[C@@H]([C@H](C)S(C)(=O)=O)N(C)Cc1nc(N)c2ccccc2n1. The molecule has 2 aromatic rings. The zero-order valence-electron chi connectivity index (χ0n) is 13.3. The summed E-state index contributed by atoms with van der Waals surface area (Å²) in [5, 5.41) is 0.363. The summed E-state index contributed by atoms with van der Waals surface area (Å²) in [6, 6.07) is 7.41. The topological polar surface area (TPSA) is 89.2 Å². The summed E-state index contributed by atoms with van der Waals surface area (Å²) in [6.07, 6.45) is 1.26. The molecule has 6 nitrogen and oxygen atoms in total. The van der Waals surface area contributed by atoms with Gasteiger partial charge in [-0.1, -0.05) is 12.1 Å². The molecule has 0 saturated carbocycles. The van der Waals surface area contributed by atoms with Crippen molar-refractivity contribution in [2.75, 3.05) is 19.0 Å². The molecule has 0 aliphatic heterocycles. The zero-order valence-corrected chi connectivity index (χ0v) is 14.1. The third-order valence-corrected chi connectivity index (χ3v) is 5.86. The second kappa shape index (κ2) is 6.18. The number of nitrogen functional groups attached to an aromatic ring is 1. The van der Waals surface area contributed by atoms with Crippen LogP contribution < -0.4 is 5.73 Å². The molecule has 120 valence electrons. The van der Waals surface area contributed by atoms with Crippen molar-refractivity contribution >= 4 is 26.6 Å². The van der Waals surface area contributed by atoms with E-state index in [1.165, 1.54) is 6.26 Å². The third kappa shape index (κ3) is 3.53. The normalized spacial score (nSPS) is 15.1. The number of rotatable bonds is 5. The first-order valence-electron chi connectivity index (χ1n) is 7.10. The number of nitrogens with two attached hydrogens (primary N) is 1. The standard InChI is InChI=1S/C15H22N4O2S/c1-10(11(2)22(4,20)21)19(3)9-14-17-13-8-6-5-7-12(13)15(16)18-14/h5-8,10-11H,9H2,1-4H3,(H2,16,17,18)/t10-,11-/m0/s1. The predicted octanol–water partition coefficient (Wildman–Crippen LogP) is 1.47. The maximum absolute atomic E-state index is 11.7. The molecule has 0 amide bonds. The largest absolute Gasteiger partial charge is 0.383 e. The first kappa shape index (κ1) is 16.6. The lowest BCUT2D eigenvalue weighted by molar-refractivity contribution is 0.240. The third-order valence-electron chi connectivity index (χ3n) is 4.12. The van der Waals surface area contributed by atoms with Crippen LogP contribution in [0.3, 0.4) is 0 Å². The van der Waals surface area contributed by atoms with Gasteiger partial charge in [0, 0.05) is 17.7 Å². The average molecular weight is 322 g/mol. The van der Waals surface area contributed by atoms with E-state index in [2.05, 4.69) is 9.97 Å². The minimum atomic E-state index is -3.09. The van der Waals surface area contributed by atoms with E-state index in [1.807, 2.05) is 43.1 Å². The van der Waals surface area contributed by atoms with Crippen LogP contribution in [-0.2, 0) is 16.4 Å². The van der Waals surface area contributed by atoms with E-state index >= 15 is 0 Å². The number of benzene rings is 1. The molecular weight excluding hydrogens is 300 g/mol. The van der Waals surface area contributed by atoms with Gasteiger partial charge in [-0.25, -0.2) is 18.4 Å². The van der Waals surface area contributed by atoms with Crippen molar-refractivity contribution in [3.05, 3.63) is 30.1 Å². The van der Waals surface area contributed by atoms with Gasteiger partial charge in [0.15, 0.2) is 9.84 Å². The highest BCUT2D eigenvalue weighted by Crippen LogP contribution is 2.18. The summed E-state index contributed by atoms with van der Waals surface area (Å²) in [5.41, 5.74) is 6.77. The van der Waals surface area contributed by atoms with Crippen molar-refractivity contribution in [3.63, 3.8) is 0 Å². The summed E-state index contributed by atoms with van der Waals surface area (Å²) < 4.78 is 23.4. The number of hydrogen-bond acceptors (Lipinski definition) is 6. The van der Waals surface area contributed by atoms with E-state index in [0.717, 1.165) is 10.9 Å². The van der Waals surface area contributed by atoms with Crippen LogP contribution >= 0.6 is 0 Å². The number of anilines is 1. The fraction of sp³-hybridized carbons (Fsp3) is 0.467. The molecule has 0 fully saturated rings. The second-order valence-corrected chi connectivity index (χ2v) is 8.14. The van der Waals surface area contributed by atoms with Crippen molar-refractivity contribution in [1.82, 2.24) is 14.9 Å². The summed E-state index contributed by atoms with van der Waals surface area (Å²) in [4.78, 5) is 10.7. The Bertz CT molecular complexity index is 776. The van der Waals surface area contributed by atoms with E-state index in [1.54, 1.807) is 6.92 Å². The van der Waals surface area contributed by atoms with Gasteiger partial charge in [0.05, 0.1) is 17.3 Å². The maximum atomic E-state index is 11.7. The molecule has 0 spiro atoms. The number of sulfone groups is 1. The fourth-order valence-electron chi connectivity index (χ4n) is 2.30. The van der Waals surface area contributed by atoms with Crippen LogP contribution in [0, 0.1) is 0 Å². The van der Waals surface area contributed by atoms with Gasteiger partial charge in [-0.15, -0.1) is 0 Å². The van der Waals surface area contributed by atoms with Gasteiger partial charge in [0.2, 0.25) is 0 Å². The van der Waals surface area contributed by atoms with Crippen molar-refractivity contribution in [1.29, 1.82) is 0 Å². The lowest BCUT2D eigenvalue weighted by atomic mass is 10.2. The molecule has 0 aliphatic rings. The average Bonchev–Trinajstić information content (AvgIpc) is 2.44. The van der Waals surface area contributed by atoms with Crippen LogP contribution in [0.25, 0.3) is 10.9 Å². The lowest BCUT2D eigenvalue weighted by Crippen LogP contribution is -2.41. The Hall–Kier alpha value is -1.73. The van der Waals surface area contributed by atoms with Gasteiger partial charge in [-0.3, -0.25) is 4.90 Å². The van der Waals surface area contributed by atoms with Crippen LogP contribution in [0.1, 0.15) is 19.7 Å². The van der Waals surface area contributed by atoms with Crippen molar-refractivity contribution in [2.24, 2.45) is 0 Å². The maximum Gasteiger partial charge on any atom is 0.151 e. The summed E-state index contributed by atoms with van der Waals surface area (Å²) >= 11 is 0. The molecule has 22 heavy (non-hydrogen) atoms. The van der Waals surface area contributed by atoms with Gasteiger partial charge in [0.1, 0.15) is 11.6 Å². The smallest absolute Gasteiger partial charge is 0.151 e. The summed E-state index contributed by atoms with van der Waals surface area (Å²) in [6.45, 7) is 4.04. The van der Waals surface area contributed by atoms with E-state index in [4.69, 9.17) is 5.73 Å². The molecule has 0 aliphatic carbocycles. The molecule has 1 aromatic heterocycles. The summed E-state index contributed by atoms with van der Waals surface area (Å²) in [5.74, 6) is 1.03. The molecule has 2 rings (SSSR count). The molecule has 7 heteroatoms. The molecule has 0 radical (unpaired) electrons. The Kier molecular flexibility index (Phi) is 4.67. The molecule has 2 atom stereocenters. The van der Waals surface area contributed by atoms with Crippen molar-refractivity contribution in [2.45, 2.75) is 31.7 Å². The molecule has 2 N–H and O–H groups in total. The van der Waals surface area contributed by atoms with Crippen LogP contribution in [0.15, 0.2) is 24.3 Å². The minimum absolute atomic E-state index is 0.147. The molecular formula is C15H22N4O2S. The monoisotopic (exact) mass is 322 g/mol. The van der Waals surface area contributed by atoms with Gasteiger partial charge >= 0.3 is 0 Å². The minimum Gasteiger partial charge on any atom is -0.383 e. The van der Waals surface area contributed by atoms with E-state index in [-0.39, 0.29) is 6.04 Å². The van der Waals surface area contributed by atoms with E-state index in [0.29, 0.717) is 18.2 Å². The van der Waals surface area contributed by atoms with Crippen molar-refractivity contribution in [3.8, 4) is 0 Å². The fourth-order valence-corrected chi connectivity index (χ4v) is 3.23. The van der Waals surface area contributed by atoms with Crippen LogP contribution in [0.5, 0.6) is 0 Å². The quantitative estimate of drug-likeness (QED) is 0.896. The molecule has 0 bridgehead atoms. The lowest BCUT2D eigenvalue weighted by Gasteiger charge is -2.28. The van der Waals surface area contributed by atoms with E-state index < -0.39 is 15.1 Å². The van der Waals surface area contributed by atoms with Crippen LogP contribution in [-0.4, -0.2) is 47.9 Å². The highest BCUT2D eigenvalue weighted by Gasteiger charge is 2.25. The number of hydrogen-bond donors (Lipinski definition) is 1. The molecule has 1 aromatic carbocycles. The van der Waals surface area contributed by atoms with Gasteiger partial charge in [-0.2, -0.15) is 0 Å². The van der Waals surface area contributed by atoms with Crippen molar-refractivity contribution < 1.29 is 8.42 Å². The number of para-hydroxylation sites is 1. The molecule has 1 heterocycles. The Morgan fingerprint density at radius 1 is 1.23 bits per heavy atom. The van der Waals surface area contributed by atoms with E-state index in [9.17, 15) is 8.42 Å². The highest BCUT2D eigenvalue weighted by atomic mass is 32.2. The Balaban J connectivity index is 2.23. The number of aromatic nitrogens is 2. The second-order valence-electron chi connectivity index (χ2n) is 5.73. The first-order chi connectivity index (χ1) is 10.2. The van der Waals surface area contributed by atoms with Crippen LogP contribution in [0.2, 0.25) is 0 Å². The van der Waals surface area contributed by atoms with Crippen LogP contribution in [0.4, 0.5) is 5.82 Å². The van der Waals surface area contributed by atoms with Gasteiger partial charge in [-0.05, 0) is 33.0 Å². The number of fused-ring (bicyclic) bond motifs is 1. The Morgan fingerprint density at radius 2 is 1.86 bits per heavy atom. The zero-order chi connectivity index (χ0) is 16.5.